The molecule has 4 aromatic rings. The van der Waals surface area contributed by atoms with Gasteiger partial charge in [0.1, 0.15) is 0 Å². The molecule has 0 radical (unpaired) electrons. The van der Waals surface area contributed by atoms with Crippen LogP contribution >= 0.6 is 0 Å². The topological polar surface area (TPSA) is 3.24 Å². The van der Waals surface area contributed by atoms with E-state index in [1.807, 2.05) is 0 Å². The molecule has 0 heterocycles. The summed E-state index contributed by atoms with van der Waals surface area (Å²) in [6.07, 6.45) is -0.630. The van der Waals surface area contributed by atoms with Crippen molar-refractivity contribution in [1.29, 1.82) is 0 Å². The highest BCUT2D eigenvalue weighted by Gasteiger charge is 2.55. The second-order valence-electron chi connectivity index (χ2n) is 9.42. The summed E-state index contributed by atoms with van der Waals surface area (Å²) in [5.41, 5.74) is -13.4. The van der Waals surface area contributed by atoms with Gasteiger partial charge in [0.05, 0.1) is 33.3 Å². The van der Waals surface area contributed by atoms with E-state index in [9.17, 15) is 43.9 Å². The third-order valence-electron chi connectivity index (χ3n) is 7.04. The third-order valence-corrected chi connectivity index (χ3v) is 7.04. The Kier molecular flexibility index (Phi) is 7.24. The lowest BCUT2D eigenvalue weighted by Crippen LogP contribution is -2.28. The molecule has 0 atom stereocenters. The fourth-order valence-corrected chi connectivity index (χ4v) is 5.11. The summed E-state index contributed by atoms with van der Waals surface area (Å²) < 4.78 is 237. The van der Waals surface area contributed by atoms with E-state index in [0.717, 1.165) is 0 Å². The van der Waals surface area contributed by atoms with E-state index in [2.05, 4.69) is 0 Å². The molecule has 0 N–H and O–H groups in total. The molecule has 0 saturated carbocycles. The van der Waals surface area contributed by atoms with Crippen LogP contribution in [0, 0.1) is 81.4 Å². The van der Waals surface area contributed by atoms with Crippen LogP contribution in [0.25, 0.3) is 21.9 Å². The van der Waals surface area contributed by atoms with E-state index in [1.165, 1.54) is 6.92 Å². The Morgan fingerprint density at radius 1 is 0.432 bits per heavy atom. The standard InChI is InChI=1S/C27H9F16N/c1-2-3-4-44(25-8-7(14(31)21(38)23(25)40)13(30)18(35)19(36)15(8)32)26-10-6(12(29)20(37)24(26)41)5-9(27(10,42)43)16(33)22(39)17(34)11(5)28/h2-4H2,1H3. The maximum atomic E-state index is 15.8. The first kappa shape index (κ1) is 31.3. The van der Waals surface area contributed by atoms with E-state index in [-0.39, 0.29) is 11.3 Å². The largest absolute Gasteiger partial charge is 0.335 e. The molecular formula is C27H9F16N. The average molecular weight is 651 g/mol. The Balaban J connectivity index is 2.05. The Morgan fingerprint density at radius 2 is 0.818 bits per heavy atom. The van der Waals surface area contributed by atoms with Crippen molar-refractivity contribution in [2.24, 2.45) is 0 Å². The Labute approximate surface area is 233 Å². The number of alkyl halides is 2. The van der Waals surface area contributed by atoms with Gasteiger partial charge in [0.25, 0.3) is 0 Å². The van der Waals surface area contributed by atoms with Crippen molar-refractivity contribution in [3.05, 3.63) is 92.6 Å². The van der Waals surface area contributed by atoms with E-state index in [0.29, 0.717) is 0 Å². The number of hydrogen-bond donors (Lipinski definition) is 0. The van der Waals surface area contributed by atoms with Crippen molar-refractivity contribution in [2.75, 3.05) is 11.4 Å². The summed E-state index contributed by atoms with van der Waals surface area (Å²) in [6.45, 7) is 0.0855. The first-order valence-corrected chi connectivity index (χ1v) is 12.0. The quantitative estimate of drug-likeness (QED) is 0.118. The summed E-state index contributed by atoms with van der Waals surface area (Å²) in [6, 6.07) is 0. The van der Waals surface area contributed by atoms with Gasteiger partial charge in [0.2, 0.25) is 0 Å². The SMILES string of the molecule is CCCCN(c1c(F)c(F)c(F)c2c1C(F)(F)c1c(F)c(F)c(F)c(F)c1-2)c1c(F)c(F)c(F)c2c(F)c(F)c(F)c(F)c12. The average Bonchev–Trinajstić information content (AvgIpc) is 3.23. The minimum absolute atomic E-state index is 0.122. The zero-order chi connectivity index (χ0) is 32.9. The number of halogens is 16. The van der Waals surface area contributed by atoms with Crippen LogP contribution in [0.1, 0.15) is 30.9 Å². The number of rotatable bonds is 5. The number of nitrogens with zero attached hydrogens (tertiary/aromatic N) is 1. The lowest BCUT2D eigenvalue weighted by Gasteiger charge is -2.31. The van der Waals surface area contributed by atoms with Crippen LogP contribution in [0.5, 0.6) is 0 Å². The predicted octanol–water partition coefficient (Wildman–Crippen LogP) is 9.85. The van der Waals surface area contributed by atoms with E-state index in [4.69, 9.17) is 0 Å². The van der Waals surface area contributed by atoms with Gasteiger partial charge in [-0.15, -0.1) is 0 Å². The summed E-state index contributed by atoms with van der Waals surface area (Å²) in [4.78, 5) is -0.372. The van der Waals surface area contributed by atoms with Gasteiger partial charge in [-0.25, -0.2) is 61.5 Å². The van der Waals surface area contributed by atoms with E-state index < -0.39 is 145 Å². The monoisotopic (exact) mass is 651 g/mol. The number of anilines is 2. The van der Waals surface area contributed by atoms with Crippen LogP contribution in [0.2, 0.25) is 0 Å². The highest BCUT2D eigenvalue weighted by atomic mass is 19.3. The molecule has 0 fully saturated rings. The van der Waals surface area contributed by atoms with Crippen LogP contribution in [0.3, 0.4) is 0 Å². The maximum absolute atomic E-state index is 15.8. The Bertz CT molecular complexity index is 1930. The van der Waals surface area contributed by atoms with Gasteiger partial charge >= 0.3 is 5.92 Å². The lowest BCUT2D eigenvalue weighted by atomic mass is 9.98. The fraction of sp³-hybridized carbons (Fsp3) is 0.185. The zero-order valence-corrected chi connectivity index (χ0v) is 21.1. The lowest BCUT2D eigenvalue weighted by molar-refractivity contribution is 0.0429. The molecule has 5 rings (SSSR count). The van der Waals surface area contributed by atoms with Crippen LogP contribution in [-0.4, -0.2) is 6.54 Å². The molecule has 1 aliphatic rings. The van der Waals surface area contributed by atoms with Crippen molar-refractivity contribution in [3.8, 4) is 11.1 Å². The number of hydrogen-bond acceptors (Lipinski definition) is 1. The Morgan fingerprint density at radius 3 is 1.34 bits per heavy atom. The van der Waals surface area contributed by atoms with Gasteiger partial charge in [0, 0.05) is 17.7 Å². The minimum atomic E-state index is -5.37. The van der Waals surface area contributed by atoms with Gasteiger partial charge in [-0.2, -0.15) is 8.78 Å². The normalized spacial score (nSPS) is 13.6. The van der Waals surface area contributed by atoms with Gasteiger partial charge in [0.15, 0.2) is 81.4 Å². The van der Waals surface area contributed by atoms with Gasteiger partial charge in [-0.3, -0.25) is 0 Å². The van der Waals surface area contributed by atoms with E-state index in [1.54, 1.807) is 0 Å². The van der Waals surface area contributed by atoms with Crippen molar-refractivity contribution < 1.29 is 70.2 Å². The first-order valence-electron chi connectivity index (χ1n) is 12.0. The third kappa shape index (κ3) is 3.82. The first-order chi connectivity index (χ1) is 20.4. The second-order valence-corrected chi connectivity index (χ2v) is 9.42. The molecule has 234 valence electrons. The van der Waals surface area contributed by atoms with Crippen LogP contribution in [-0.2, 0) is 5.92 Å². The Hall–Kier alpha value is -4.18. The molecule has 17 heteroatoms. The molecule has 0 aromatic heterocycles. The second kappa shape index (κ2) is 10.2. The molecule has 0 spiro atoms. The minimum Gasteiger partial charge on any atom is -0.335 e. The molecule has 0 aliphatic heterocycles. The number of fused-ring (bicyclic) bond motifs is 4. The highest BCUT2D eigenvalue weighted by molar-refractivity contribution is 5.99. The highest BCUT2D eigenvalue weighted by Crippen LogP contribution is 2.59. The van der Waals surface area contributed by atoms with Crippen molar-refractivity contribution in [3.63, 3.8) is 0 Å². The number of benzene rings is 4. The van der Waals surface area contributed by atoms with Crippen LogP contribution in [0.4, 0.5) is 81.6 Å². The molecule has 1 aliphatic carbocycles. The molecule has 0 amide bonds. The predicted molar refractivity (Wildman–Crippen MR) is 120 cm³/mol. The zero-order valence-electron chi connectivity index (χ0n) is 21.1. The summed E-state index contributed by atoms with van der Waals surface area (Å²) in [7, 11) is 0. The fourth-order valence-electron chi connectivity index (χ4n) is 5.11. The molecule has 1 nitrogen and oxygen atoms in total. The number of unbranched alkanes of at least 4 members (excludes halogenated alkanes) is 1. The van der Waals surface area contributed by atoms with Crippen molar-refractivity contribution >= 4 is 22.1 Å². The molecule has 4 aromatic carbocycles. The molecule has 0 saturated heterocycles. The van der Waals surface area contributed by atoms with E-state index >= 15 is 26.3 Å². The smallest absolute Gasteiger partial charge is 0.304 e. The summed E-state index contributed by atoms with van der Waals surface area (Å²) >= 11 is 0. The van der Waals surface area contributed by atoms with Crippen molar-refractivity contribution in [2.45, 2.75) is 25.7 Å². The van der Waals surface area contributed by atoms with Crippen LogP contribution < -0.4 is 4.90 Å². The van der Waals surface area contributed by atoms with Gasteiger partial charge in [-0.05, 0) is 6.42 Å². The van der Waals surface area contributed by atoms with Gasteiger partial charge in [-0.1, -0.05) is 13.3 Å². The van der Waals surface area contributed by atoms with Crippen LogP contribution in [0.15, 0.2) is 0 Å². The molecule has 0 unspecified atom stereocenters. The molecule has 0 bridgehead atoms. The summed E-state index contributed by atoms with van der Waals surface area (Å²) in [5.74, 6) is -44.1. The molecular weight excluding hydrogens is 642 g/mol. The van der Waals surface area contributed by atoms with Crippen molar-refractivity contribution in [1.82, 2.24) is 0 Å². The molecule has 44 heavy (non-hydrogen) atoms. The summed E-state index contributed by atoms with van der Waals surface area (Å²) in [5, 5.41) is -4.26. The maximum Gasteiger partial charge on any atom is 0.304 e. The van der Waals surface area contributed by atoms with Gasteiger partial charge < -0.3 is 4.90 Å².